The number of fused-ring (bicyclic) bond motifs is 1. The SMILES string of the molecule is CCCC(C)Nc1nccc2c(Br)cccc12. The first kappa shape index (κ1) is 12.4. The Bertz CT molecular complexity index is 511. The summed E-state index contributed by atoms with van der Waals surface area (Å²) in [6.07, 6.45) is 4.20. The maximum atomic E-state index is 4.44. The van der Waals surface area contributed by atoms with Crippen LogP contribution < -0.4 is 5.32 Å². The summed E-state index contributed by atoms with van der Waals surface area (Å²) < 4.78 is 1.11. The first-order chi connectivity index (χ1) is 8.22. The molecular weight excluding hydrogens is 276 g/mol. The zero-order valence-electron chi connectivity index (χ0n) is 10.2. The highest BCUT2D eigenvalue weighted by Gasteiger charge is 2.07. The predicted octanol–water partition coefficient (Wildman–Crippen LogP) is 4.60. The third-order valence-electron chi connectivity index (χ3n) is 2.86. The van der Waals surface area contributed by atoms with Gasteiger partial charge < -0.3 is 5.32 Å². The molecule has 0 amide bonds. The van der Waals surface area contributed by atoms with Crippen molar-refractivity contribution >= 4 is 32.5 Å². The summed E-state index contributed by atoms with van der Waals surface area (Å²) in [7, 11) is 0. The fraction of sp³-hybridized carbons (Fsp3) is 0.357. The molecule has 0 aliphatic rings. The van der Waals surface area contributed by atoms with Crippen LogP contribution in [-0.2, 0) is 0 Å². The number of pyridine rings is 1. The highest BCUT2D eigenvalue weighted by Crippen LogP contribution is 2.28. The molecule has 0 saturated heterocycles. The summed E-state index contributed by atoms with van der Waals surface area (Å²) in [5.74, 6) is 0.977. The lowest BCUT2D eigenvalue weighted by atomic mass is 10.1. The zero-order valence-corrected chi connectivity index (χ0v) is 11.8. The van der Waals surface area contributed by atoms with E-state index in [9.17, 15) is 0 Å². The van der Waals surface area contributed by atoms with Gasteiger partial charge in [0, 0.05) is 27.5 Å². The van der Waals surface area contributed by atoms with E-state index in [0.717, 1.165) is 16.7 Å². The molecule has 0 bridgehead atoms. The van der Waals surface area contributed by atoms with Crippen LogP contribution in [0.25, 0.3) is 10.8 Å². The fourth-order valence-corrected chi connectivity index (χ4v) is 2.52. The van der Waals surface area contributed by atoms with E-state index < -0.39 is 0 Å². The van der Waals surface area contributed by atoms with E-state index in [-0.39, 0.29) is 0 Å². The predicted molar refractivity (Wildman–Crippen MR) is 77.4 cm³/mol. The third kappa shape index (κ3) is 2.78. The Morgan fingerprint density at radius 2 is 2.12 bits per heavy atom. The Labute approximate surface area is 111 Å². The number of nitrogens with zero attached hydrogens (tertiary/aromatic N) is 1. The Morgan fingerprint density at radius 3 is 2.88 bits per heavy atom. The molecule has 2 rings (SSSR count). The summed E-state index contributed by atoms with van der Waals surface area (Å²) in [6, 6.07) is 8.70. The Kier molecular flexibility index (Phi) is 4.00. The molecule has 1 aromatic carbocycles. The second-order valence-corrected chi connectivity index (χ2v) is 5.18. The molecule has 0 radical (unpaired) electrons. The molecule has 0 aliphatic carbocycles. The summed E-state index contributed by atoms with van der Waals surface area (Å²) in [5, 5.41) is 5.85. The quantitative estimate of drug-likeness (QED) is 0.891. The van der Waals surface area contributed by atoms with E-state index in [0.29, 0.717) is 6.04 Å². The maximum absolute atomic E-state index is 4.44. The van der Waals surface area contributed by atoms with Gasteiger partial charge in [0.25, 0.3) is 0 Å². The highest BCUT2D eigenvalue weighted by atomic mass is 79.9. The minimum atomic E-state index is 0.456. The van der Waals surface area contributed by atoms with Gasteiger partial charge in [-0.3, -0.25) is 0 Å². The lowest BCUT2D eigenvalue weighted by Gasteiger charge is -2.15. The third-order valence-corrected chi connectivity index (χ3v) is 3.55. The van der Waals surface area contributed by atoms with Gasteiger partial charge in [-0.25, -0.2) is 4.98 Å². The first-order valence-corrected chi connectivity index (χ1v) is 6.81. The van der Waals surface area contributed by atoms with Gasteiger partial charge in [0.15, 0.2) is 0 Å². The van der Waals surface area contributed by atoms with Crippen LogP contribution in [0.15, 0.2) is 34.9 Å². The van der Waals surface area contributed by atoms with Crippen LogP contribution in [0.4, 0.5) is 5.82 Å². The Balaban J connectivity index is 2.37. The van der Waals surface area contributed by atoms with Crippen molar-refractivity contribution in [1.82, 2.24) is 4.98 Å². The van der Waals surface area contributed by atoms with Gasteiger partial charge in [0.05, 0.1) is 0 Å². The van der Waals surface area contributed by atoms with Crippen LogP contribution in [-0.4, -0.2) is 11.0 Å². The highest BCUT2D eigenvalue weighted by molar-refractivity contribution is 9.10. The van der Waals surface area contributed by atoms with E-state index in [1.165, 1.54) is 17.2 Å². The summed E-state index contributed by atoms with van der Waals surface area (Å²) in [4.78, 5) is 4.44. The number of anilines is 1. The van der Waals surface area contributed by atoms with Crippen LogP contribution in [0.2, 0.25) is 0 Å². The van der Waals surface area contributed by atoms with Crippen molar-refractivity contribution in [3.8, 4) is 0 Å². The number of hydrogen-bond donors (Lipinski definition) is 1. The molecule has 1 atom stereocenters. The lowest BCUT2D eigenvalue weighted by molar-refractivity contribution is 0.688. The van der Waals surface area contributed by atoms with Gasteiger partial charge in [-0.05, 0) is 25.5 Å². The van der Waals surface area contributed by atoms with Crippen LogP contribution in [0.1, 0.15) is 26.7 Å². The van der Waals surface area contributed by atoms with Crippen LogP contribution in [0.5, 0.6) is 0 Å². The topological polar surface area (TPSA) is 24.9 Å². The van der Waals surface area contributed by atoms with E-state index >= 15 is 0 Å². The average molecular weight is 293 g/mol. The lowest BCUT2D eigenvalue weighted by Crippen LogP contribution is -2.15. The normalized spacial score (nSPS) is 12.6. The van der Waals surface area contributed by atoms with Gasteiger partial charge >= 0.3 is 0 Å². The van der Waals surface area contributed by atoms with Gasteiger partial charge in [0.1, 0.15) is 5.82 Å². The minimum Gasteiger partial charge on any atom is -0.367 e. The van der Waals surface area contributed by atoms with Crippen molar-refractivity contribution in [2.75, 3.05) is 5.32 Å². The van der Waals surface area contributed by atoms with Gasteiger partial charge in [0.2, 0.25) is 0 Å². The van der Waals surface area contributed by atoms with Crippen LogP contribution in [0.3, 0.4) is 0 Å². The standard InChI is InChI=1S/C14H17BrN2/c1-3-5-10(2)17-14-12-6-4-7-13(15)11(12)8-9-16-14/h4,6-10H,3,5H2,1-2H3,(H,16,17). The number of nitrogens with one attached hydrogen (secondary N) is 1. The summed E-state index contributed by atoms with van der Waals surface area (Å²) >= 11 is 3.57. The molecule has 90 valence electrons. The minimum absolute atomic E-state index is 0.456. The van der Waals surface area contributed by atoms with Crippen molar-refractivity contribution in [3.05, 3.63) is 34.9 Å². The van der Waals surface area contributed by atoms with Crippen LogP contribution in [0, 0.1) is 0 Å². The molecule has 0 spiro atoms. The van der Waals surface area contributed by atoms with Crippen molar-refractivity contribution in [3.63, 3.8) is 0 Å². The Morgan fingerprint density at radius 1 is 1.29 bits per heavy atom. The first-order valence-electron chi connectivity index (χ1n) is 6.02. The van der Waals surface area contributed by atoms with E-state index in [1.54, 1.807) is 0 Å². The summed E-state index contributed by atoms with van der Waals surface area (Å²) in [6.45, 7) is 4.40. The largest absolute Gasteiger partial charge is 0.367 e. The van der Waals surface area contributed by atoms with Crippen molar-refractivity contribution in [2.24, 2.45) is 0 Å². The molecule has 17 heavy (non-hydrogen) atoms. The van der Waals surface area contributed by atoms with E-state index in [2.05, 4.69) is 52.2 Å². The molecule has 2 aromatic rings. The van der Waals surface area contributed by atoms with Crippen molar-refractivity contribution in [1.29, 1.82) is 0 Å². The molecule has 0 fully saturated rings. The molecule has 2 nitrogen and oxygen atoms in total. The molecule has 1 aromatic heterocycles. The summed E-state index contributed by atoms with van der Waals surface area (Å²) in [5.41, 5.74) is 0. The average Bonchev–Trinajstić information content (AvgIpc) is 2.31. The van der Waals surface area contributed by atoms with E-state index in [4.69, 9.17) is 0 Å². The molecular formula is C14H17BrN2. The number of halogens is 1. The second-order valence-electron chi connectivity index (χ2n) is 4.33. The molecule has 1 N–H and O–H groups in total. The molecule has 3 heteroatoms. The fourth-order valence-electron chi connectivity index (χ4n) is 2.02. The van der Waals surface area contributed by atoms with Crippen molar-refractivity contribution in [2.45, 2.75) is 32.7 Å². The molecule has 1 unspecified atom stereocenters. The maximum Gasteiger partial charge on any atom is 0.134 e. The number of hydrogen-bond acceptors (Lipinski definition) is 2. The molecule has 0 saturated carbocycles. The monoisotopic (exact) mass is 292 g/mol. The molecule has 1 heterocycles. The smallest absolute Gasteiger partial charge is 0.134 e. The van der Waals surface area contributed by atoms with Gasteiger partial charge in [-0.1, -0.05) is 41.4 Å². The zero-order chi connectivity index (χ0) is 12.3. The number of benzene rings is 1. The second kappa shape index (κ2) is 5.50. The van der Waals surface area contributed by atoms with E-state index in [1.807, 2.05) is 18.3 Å². The Hall–Kier alpha value is -1.09. The van der Waals surface area contributed by atoms with Crippen LogP contribution >= 0.6 is 15.9 Å². The van der Waals surface area contributed by atoms with Gasteiger partial charge in [-0.2, -0.15) is 0 Å². The van der Waals surface area contributed by atoms with Gasteiger partial charge in [-0.15, -0.1) is 0 Å². The number of aromatic nitrogens is 1. The molecule has 0 aliphatic heterocycles. The number of rotatable bonds is 4. The van der Waals surface area contributed by atoms with Crippen molar-refractivity contribution < 1.29 is 0 Å².